The number of esters is 1. The molecule has 1 aromatic rings. The predicted octanol–water partition coefficient (Wildman–Crippen LogP) is 3.59. The first-order valence-corrected chi connectivity index (χ1v) is 6.32. The fourth-order valence-electron chi connectivity index (χ4n) is 1.16. The van der Waals surface area contributed by atoms with Gasteiger partial charge in [0.25, 0.3) is 0 Å². The number of benzene rings is 1. The fourth-order valence-corrected chi connectivity index (χ4v) is 1.31. The summed E-state index contributed by atoms with van der Waals surface area (Å²) in [5.74, 6) is 0.419. The van der Waals surface area contributed by atoms with E-state index in [9.17, 15) is 4.79 Å². The molecule has 0 saturated heterocycles. The molecule has 0 unspecified atom stereocenters. The molecule has 0 atom stereocenters. The van der Waals surface area contributed by atoms with Crippen LogP contribution in [-0.4, -0.2) is 13.1 Å². The predicted molar refractivity (Wildman–Crippen MR) is 74.6 cm³/mol. The molecular formula is C14H15BrO3. The Hall–Kier alpha value is -1.55. The summed E-state index contributed by atoms with van der Waals surface area (Å²) in [6.45, 7) is 2.13. The van der Waals surface area contributed by atoms with E-state index in [1.54, 1.807) is 18.2 Å². The molecule has 18 heavy (non-hydrogen) atoms. The Bertz CT molecular complexity index is 447. The smallest absolute Gasteiger partial charge is 0.331 e. The standard InChI is InChI=1S/C14H15BrO3/c1-11(9-15)3-8-14(16)18-10-12-4-6-13(17-2)7-5-12/h3-9H,10H2,1-2H3/b8-3+,11-9+. The molecule has 0 aliphatic rings. The van der Waals surface area contributed by atoms with Gasteiger partial charge in [-0.1, -0.05) is 34.1 Å². The van der Waals surface area contributed by atoms with Crippen LogP contribution in [0.2, 0.25) is 0 Å². The largest absolute Gasteiger partial charge is 0.497 e. The van der Waals surface area contributed by atoms with Gasteiger partial charge in [0, 0.05) is 6.08 Å². The molecule has 0 radical (unpaired) electrons. The average molecular weight is 311 g/mol. The number of carbonyl (C=O) groups excluding carboxylic acids is 1. The van der Waals surface area contributed by atoms with Crippen LogP contribution in [0.4, 0.5) is 0 Å². The number of carbonyl (C=O) groups is 1. The number of hydrogen-bond donors (Lipinski definition) is 0. The molecule has 0 N–H and O–H groups in total. The lowest BCUT2D eigenvalue weighted by Crippen LogP contribution is -2.00. The highest BCUT2D eigenvalue weighted by Gasteiger charge is 1.99. The van der Waals surface area contributed by atoms with Crippen molar-refractivity contribution in [3.8, 4) is 5.75 Å². The third-order valence-corrected chi connectivity index (χ3v) is 2.92. The van der Waals surface area contributed by atoms with E-state index in [1.165, 1.54) is 6.08 Å². The highest BCUT2D eigenvalue weighted by molar-refractivity contribution is 9.11. The van der Waals surface area contributed by atoms with Crippen molar-refractivity contribution in [3.63, 3.8) is 0 Å². The molecule has 0 amide bonds. The molecule has 3 nitrogen and oxygen atoms in total. The Labute approximate surface area is 115 Å². The highest BCUT2D eigenvalue weighted by atomic mass is 79.9. The molecule has 0 spiro atoms. The molecule has 0 aromatic heterocycles. The minimum Gasteiger partial charge on any atom is -0.497 e. The number of methoxy groups -OCH3 is 1. The second kappa shape index (κ2) is 7.71. The summed E-state index contributed by atoms with van der Waals surface area (Å²) in [5, 5.41) is 0. The molecule has 0 bridgehead atoms. The van der Waals surface area contributed by atoms with Gasteiger partial charge in [0.1, 0.15) is 12.4 Å². The van der Waals surface area contributed by atoms with Crippen LogP contribution in [0.3, 0.4) is 0 Å². The van der Waals surface area contributed by atoms with Crippen molar-refractivity contribution in [3.05, 3.63) is 52.5 Å². The van der Waals surface area contributed by atoms with E-state index in [-0.39, 0.29) is 12.6 Å². The van der Waals surface area contributed by atoms with E-state index in [1.807, 2.05) is 31.2 Å². The molecule has 0 aliphatic heterocycles. The van der Waals surface area contributed by atoms with Crippen LogP contribution in [-0.2, 0) is 16.1 Å². The molecule has 96 valence electrons. The van der Waals surface area contributed by atoms with Crippen LogP contribution in [0.5, 0.6) is 5.75 Å². The van der Waals surface area contributed by atoms with Gasteiger partial charge in [0.2, 0.25) is 0 Å². The van der Waals surface area contributed by atoms with Crippen molar-refractivity contribution in [1.29, 1.82) is 0 Å². The lowest BCUT2D eigenvalue weighted by molar-refractivity contribution is -0.139. The Balaban J connectivity index is 2.44. The Morgan fingerprint density at radius 3 is 2.50 bits per heavy atom. The summed E-state index contributed by atoms with van der Waals surface area (Å²) in [6, 6.07) is 7.38. The average Bonchev–Trinajstić information content (AvgIpc) is 2.42. The lowest BCUT2D eigenvalue weighted by Gasteiger charge is -2.03. The molecule has 1 aromatic carbocycles. The summed E-state index contributed by atoms with van der Waals surface area (Å²) < 4.78 is 10.1. The second-order valence-electron chi connectivity index (χ2n) is 3.64. The van der Waals surface area contributed by atoms with Gasteiger partial charge in [0.15, 0.2) is 0 Å². The Morgan fingerprint density at radius 1 is 1.28 bits per heavy atom. The molecule has 0 fully saturated rings. The van der Waals surface area contributed by atoms with Crippen molar-refractivity contribution in [2.75, 3.05) is 7.11 Å². The van der Waals surface area contributed by atoms with E-state index in [2.05, 4.69) is 15.9 Å². The third kappa shape index (κ3) is 5.19. The van der Waals surface area contributed by atoms with Gasteiger partial charge in [0.05, 0.1) is 7.11 Å². The highest BCUT2D eigenvalue weighted by Crippen LogP contribution is 2.12. The van der Waals surface area contributed by atoms with Gasteiger partial charge < -0.3 is 9.47 Å². The van der Waals surface area contributed by atoms with E-state index in [0.717, 1.165) is 16.9 Å². The Kier molecular flexibility index (Phi) is 6.22. The first-order chi connectivity index (χ1) is 8.65. The minimum atomic E-state index is -0.362. The number of ether oxygens (including phenoxy) is 2. The van der Waals surface area contributed by atoms with Crippen molar-refractivity contribution in [2.45, 2.75) is 13.5 Å². The van der Waals surface area contributed by atoms with Crippen LogP contribution in [0.25, 0.3) is 0 Å². The van der Waals surface area contributed by atoms with Gasteiger partial charge in [-0.25, -0.2) is 4.79 Å². The van der Waals surface area contributed by atoms with Crippen LogP contribution < -0.4 is 4.74 Å². The summed E-state index contributed by atoms with van der Waals surface area (Å²) in [6.07, 6.45) is 3.09. The first kappa shape index (κ1) is 14.5. The monoisotopic (exact) mass is 310 g/mol. The van der Waals surface area contributed by atoms with Gasteiger partial charge in [-0.2, -0.15) is 0 Å². The van der Waals surface area contributed by atoms with Crippen LogP contribution >= 0.6 is 15.9 Å². The number of allylic oxidation sites excluding steroid dienone is 2. The maximum absolute atomic E-state index is 11.4. The quantitative estimate of drug-likeness (QED) is 0.473. The van der Waals surface area contributed by atoms with E-state index in [4.69, 9.17) is 9.47 Å². The van der Waals surface area contributed by atoms with E-state index in [0.29, 0.717) is 0 Å². The fraction of sp³-hybridized carbons (Fsp3) is 0.214. The maximum Gasteiger partial charge on any atom is 0.331 e. The molecule has 1 rings (SSSR count). The SMILES string of the molecule is COc1ccc(COC(=O)/C=C/C(C)=C/Br)cc1. The Morgan fingerprint density at radius 2 is 1.94 bits per heavy atom. The summed E-state index contributed by atoms with van der Waals surface area (Å²) in [5.41, 5.74) is 1.86. The van der Waals surface area contributed by atoms with Crippen molar-refractivity contribution < 1.29 is 14.3 Å². The number of rotatable bonds is 5. The van der Waals surface area contributed by atoms with Crippen LogP contribution in [0.15, 0.2) is 47.0 Å². The van der Waals surface area contributed by atoms with Gasteiger partial charge >= 0.3 is 5.97 Å². The van der Waals surface area contributed by atoms with Crippen molar-refractivity contribution in [2.24, 2.45) is 0 Å². The number of halogens is 1. The summed E-state index contributed by atoms with van der Waals surface area (Å²) >= 11 is 3.18. The maximum atomic E-state index is 11.4. The molecule has 0 aliphatic carbocycles. The van der Waals surface area contributed by atoms with Gasteiger partial charge in [-0.15, -0.1) is 0 Å². The van der Waals surface area contributed by atoms with Crippen LogP contribution in [0.1, 0.15) is 12.5 Å². The second-order valence-corrected chi connectivity index (χ2v) is 4.10. The molecule has 0 saturated carbocycles. The zero-order chi connectivity index (χ0) is 13.4. The van der Waals surface area contributed by atoms with Crippen molar-refractivity contribution >= 4 is 21.9 Å². The summed E-state index contributed by atoms with van der Waals surface area (Å²) in [7, 11) is 1.61. The minimum absolute atomic E-state index is 0.254. The van der Waals surface area contributed by atoms with Crippen LogP contribution in [0, 0.1) is 0 Å². The molecular weight excluding hydrogens is 296 g/mol. The first-order valence-electron chi connectivity index (χ1n) is 5.40. The molecule has 0 heterocycles. The zero-order valence-electron chi connectivity index (χ0n) is 10.4. The van der Waals surface area contributed by atoms with E-state index >= 15 is 0 Å². The lowest BCUT2D eigenvalue weighted by atomic mass is 10.2. The van der Waals surface area contributed by atoms with E-state index < -0.39 is 0 Å². The molecule has 4 heteroatoms. The number of hydrogen-bond acceptors (Lipinski definition) is 3. The third-order valence-electron chi connectivity index (χ3n) is 2.19. The summed E-state index contributed by atoms with van der Waals surface area (Å²) in [4.78, 5) is 13.1. The van der Waals surface area contributed by atoms with Crippen molar-refractivity contribution in [1.82, 2.24) is 0 Å². The van der Waals surface area contributed by atoms with Gasteiger partial charge in [-0.05, 0) is 35.2 Å². The zero-order valence-corrected chi connectivity index (χ0v) is 11.9. The topological polar surface area (TPSA) is 35.5 Å². The normalized spacial score (nSPS) is 11.6. The van der Waals surface area contributed by atoms with Gasteiger partial charge in [-0.3, -0.25) is 0 Å².